The number of esters is 1. The smallest absolute Gasteiger partial charge is 0.337 e. The molecule has 1 N–H and O–H groups in total. The van der Waals surface area contributed by atoms with Gasteiger partial charge in [-0.25, -0.2) is 9.48 Å². The number of nitrogens with one attached hydrogen (secondary N) is 1. The third kappa shape index (κ3) is 3.53. The third-order valence-electron chi connectivity index (χ3n) is 5.88. The Labute approximate surface area is 185 Å². The first kappa shape index (κ1) is 20.0. The average Bonchev–Trinajstić information content (AvgIpc) is 3.37. The van der Waals surface area contributed by atoms with Crippen LogP contribution in [0.2, 0.25) is 0 Å². The lowest BCUT2D eigenvalue weighted by Gasteiger charge is -2.21. The van der Waals surface area contributed by atoms with Crippen LogP contribution in [0.25, 0.3) is 22.4 Å². The summed E-state index contributed by atoms with van der Waals surface area (Å²) in [5.41, 5.74) is 7.78. The van der Waals surface area contributed by atoms with E-state index in [1.807, 2.05) is 49.2 Å². The van der Waals surface area contributed by atoms with Crippen molar-refractivity contribution < 1.29 is 9.53 Å². The van der Waals surface area contributed by atoms with Gasteiger partial charge in [-0.2, -0.15) is 5.10 Å². The highest BCUT2D eigenvalue weighted by molar-refractivity contribution is 5.90. The molecule has 1 aliphatic heterocycles. The zero-order valence-electron chi connectivity index (χ0n) is 18.2. The summed E-state index contributed by atoms with van der Waals surface area (Å²) in [4.78, 5) is 12.0. The number of aromatic nitrogens is 5. The summed E-state index contributed by atoms with van der Waals surface area (Å²) in [5.74, 6) is -0.351. The fraction of sp³-hybridized carbons (Fsp3) is 0.250. The van der Waals surface area contributed by atoms with Crippen LogP contribution in [0.1, 0.15) is 34.1 Å². The second-order valence-corrected chi connectivity index (χ2v) is 8.01. The number of ether oxygens (including phenoxy) is 1. The fourth-order valence-corrected chi connectivity index (χ4v) is 4.32. The Morgan fingerprint density at radius 2 is 2.06 bits per heavy atom. The normalized spacial score (nSPS) is 14.9. The van der Waals surface area contributed by atoms with E-state index in [0.29, 0.717) is 5.56 Å². The van der Waals surface area contributed by atoms with Gasteiger partial charge in [0.25, 0.3) is 0 Å². The van der Waals surface area contributed by atoms with Crippen LogP contribution in [-0.2, 0) is 18.3 Å². The van der Waals surface area contributed by atoms with Crippen LogP contribution in [0.3, 0.4) is 0 Å². The zero-order valence-corrected chi connectivity index (χ0v) is 18.2. The van der Waals surface area contributed by atoms with Gasteiger partial charge >= 0.3 is 5.97 Å². The molecule has 2 aromatic carbocycles. The van der Waals surface area contributed by atoms with Gasteiger partial charge in [0.05, 0.1) is 36.3 Å². The highest BCUT2D eigenvalue weighted by Crippen LogP contribution is 2.39. The molecule has 0 bridgehead atoms. The van der Waals surface area contributed by atoms with E-state index in [1.165, 1.54) is 12.7 Å². The van der Waals surface area contributed by atoms with Crippen molar-refractivity contribution >= 4 is 11.7 Å². The molecule has 5 rings (SSSR count). The molecule has 0 spiro atoms. The minimum Gasteiger partial charge on any atom is -0.465 e. The topological polar surface area (TPSA) is 86.9 Å². The van der Waals surface area contributed by atoms with Crippen molar-refractivity contribution in [1.29, 1.82) is 0 Å². The Morgan fingerprint density at radius 3 is 2.84 bits per heavy atom. The first-order valence-corrected chi connectivity index (χ1v) is 10.5. The van der Waals surface area contributed by atoms with Crippen LogP contribution in [0.4, 0.5) is 5.69 Å². The molecule has 3 heterocycles. The highest BCUT2D eigenvalue weighted by Gasteiger charge is 2.26. The molecule has 0 aliphatic carbocycles. The molecule has 8 heteroatoms. The number of carbonyl (C=O) groups excluding carboxylic acids is 1. The van der Waals surface area contributed by atoms with Crippen LogP contribution in [0.5, 0.6) is 0 Å². The second kappa shape index (κ2) is 7.96. The summed E-state index contributed by atoms with van der Waals surface area (Å²) in [6.07, 6.45) is 4.71. The van der Waals surface area contributed by atoms with E-state index in [4.69, 9.17) is 4.74 Å². The van der Waals surface area contributed by atoms with Crippen LogP contribution < -0.4 is 5.32 Å². The first-order valence-electron chi connectivity index (χ1n) is 10.5. The number of carbonyl (C=O) groups is 1. The number of nitrogens with zero attached hydrogens (tertiary/aromatic N) is 5. The Kier molecular flexibility index (Phi) is 4.97. The van der Waals surface area contributed by atoms with Gasteiger partial charge in [0.2, 0.25) is 0 Å². The van der Waals surface area contributed by atoms with E-state index < -0.39 is 0 Å². The van der Waals surface area contributed by atoms with Crippen LogP contribution in [-0.4, -0.2) is 37.9 Å². The Balaban J connectivity index is 1.59. The van der Waals surface area contributed by atoms with E-state index in [2.05, 4.69) is 38.9 Å². The number of benzene rings is 2. The van der Waals surface area contributed by atoms with Crippen molar-refractivity contribution in [2.24, 2.45) is 7.05 Å². The molecule has 8 nitrogen and oxygen atoms in total. The summed E-state index contributed by atoms with van der Waals surface area (Å²) < 4.78 is 8.66. The van der Waals surface area contributed by atoms with E-state index in [0.717, 1.165) is 46.7 Å². The molecule has 4 aromatic rings. The molecule has 1 aliphatic rings. The van der Waals surface area contributed by atoms with Crippen molar-refractivity contribution in [2.45, 2.75) is 25.9 Å². The molecule has 0 amide bonds. The molecule has 0 radical (unpaired) electrons. The fourth-order valence-electron chi connectivity index (χ4n) is 4.32. The van der Waals surface area contributed by atoms with E-state index in [1.54, 1.807) is 10.7 Å². The van der Waals surface area contributed by atoms with Crippen LogP contribution in [0, 0.1) is 6.92 Å². The third-order valence-corrected chi connectivity index (χ3v) is 5.88. The largest absolute Gasteiger partial charge is 0.465 e. The molecule has 0 saturated carbocycles. The Morgan fingerprint density at radius 1 is 1.19 bits per heavy atom. The predicted octanol–water partition coefficient (Wildman–Crippen LogP) is 4.00. The molecule has 2 aromatic heterocycles. The molecule has 1 atom stereocenters. The van der Waals surface area contributed by atoms with Crippen molar-refractivity contribution in [2.75, 3.05) is 12.4 Å². The van der Waals surface area contributed by atoms with Gasteiger partial charge in [0.15, 0.2) is 0 Å². The maximum absolute atomic E-state index is 12.0. The first-order chi connectivity index (χ1) is 15.5. The maximum Gasteiger partial charge on any atom is 0.337 e. The average molecular weight is 428 g/mol. The van der Waals surface area contributed by atoms with Crippen molar-refractivity contribution in [1.82, 2.24) is 24.8 Å². The zero-order chi connectivity index (χ0) is 22.2. The number of hydrogen-bond acceptors (Lipinski definition) is 6. The van der Waals surface area contributed by atoms with E-state index >= 15 is 0 Å². The molecular weight excluding hydrogens is 404 g/mol. The minimum atomic E-state index is -0.351. The summed E-state index contributed by atoms with van der Waals surface area (Å²) in [5, 5.41) is 16.6. The number of anilines is 1. The second-order valence-electron chi connectivity index (χ2n) is 8.01. The standard InChI is InChI=1S/C24H24N6O2/c1-15-23-20-8-7-16(18-13-25-29(2)14-18)12-21(20)22(9-10-30(23)28-27-15)26-19-6-4-5-17(11-19)24(31)32-3/h4-8,11-14,22,26H,9-10H2,1-3H3. The summed E-state index contributed by atoms with van der Waals surface area (Å²) in [7, 11) is 3.31. The number of methoxy groups -OCH3 is 1. The van der Waals surface area contributed by atoms with Gasteiger partial charge in [0, 0.05) is 36.6 Å². The van der Waals surface area contributed by atoms with Gasteiger partial charge in [-0.3, -0.25) is 4.68 Å². The minimum absolute atomic E-state index is 0.0237. The number of aryl methyl sites for hydroxylation is 3. The predicted molar refractivity (Wildman–Crippen MR) is 121 cm³/mol. The van der Waals surface area contributed by atoms with Crippen molar-refractivity contribution in [3.63, 3.8) is 0 Å². The summed E-state index contributed by atoms with van der Waals surface area (Å²) in [6, 6.07) is 13.9. The maximum atomic E-state index is 12.0. The Bertz CT molecular complexity index is 1310. The summed E-state index contributed by atoms with van der Waals surface area (Å²) in [6.45, 7) is 2.73. The van der Waals surface area contributed by atoms with Gasteiger partial charge in [-0.05, 0) is 48.7 Å². The van der Waals surface area contributed by atoms with Crippen LogP contribution in [0.15, 0.2) is 54.9 Å². The molecule has 1 unspecified atom stereocenters. The quantitative estimate of drug-likeness (QED) is 0.495. The molecule has 162 valence electrons. The molecule has 32 heavy (non-hydrogen) atoms. The van der Waals surface area contributed by atoms with E-state index in [-0.39, 0.29) is 12.0 Å². The molecular formula is C24H24N6O2. The van der Waals surface area contributed by atoms with Crippen molar-refractivity contribution in [3.05, 3.63) is 71.7 Å². The van der Waals surface area contributed by atoms with Gasteiger partial charge in [0.1, 0.15) is 0 Å². The Hall–Kier alpha value is -3.94. The number of hydrogen-bond donors (Lipinski definition) is 1. The van der Waals surface area contributed by atoms with Crippen LogP contribution >= 0.6 is 0 Å². The van der Waals surface area contributed by atoms with Gasteiger partial charge in [-0.1, -0.05) is 23.4 Å². The SMILES string of the molecule is COC(=O)c1cccc(NC2CCn3nnc(C)c3-c3ccc(-c4cnn(C)c4)cc32)c1. The lowest BCUT2D eigenvalue weighted by molar-refractivity contribution is 0.0601. The number of fused-ring (bicyclic) bond motifs is 3. The summed E-state index contributed by atoms with van der Waals surface area (Å²) >= 11 is 0. The van der Waals surface area contributed by atoms with E-state index in [9.17, 15) is 4.79 Å². The van der Waals surface area contributed by atoms with Gasteiger partial charge in [-0.15, -0.1) is 5.10 Å². The van der Waals surface area contributed by atoms with Crippen molar-refractivity contribution in [3.8, 4) is 22.4 Å². The number of rotatable bonds is 4. The van der Waals surface area contributed by atoms with Gasteiger partial charge < -0.3 is 10.1 Å². The lowest BCUT2D eigenvalue weighted by Crippen LogP contribution is -2.13. The highest BCUT2D eigenvalue weighted by atomic mass is 16.5. The lowest BCUT2D eigenvalue weighted by atomic mass is 9.93. The monoisotopic (exact) mass is 428 g/mol. The molecule has 0 saturated heterocycles. The molecule has 0 fully saturated rings.